The molecule has 0 amide bonds. The fraction of sp³-hybridized carbons (Fsp3) is 0.316. The molecule has 9 heteroatoms. The molecule has 1 saturated heterocycles. The topological polar surface area (TPSA) is 63.7 Å². The third-order valence-electron chi connectivity index (χ3n) is 4.45. The zero-order valence-electron chi connectivity index (χ0n) is 14.8. The highest BCUT2D eigenvalue weighted by atomic mass is 32.2. The van der Waals surface area contributed by atoms with E-state index < -0.39 is 34.3 Å². The highest BCUT2D eigenvalue weighted by molar-refractivity contribution is 7.89. The van der Waals surface area contributed by atoms with E-state index in [9.17, 15) is 26.4 Å². The number of carbonyl (C=O) groups is 1. The van der Waals surface area contributed by atoms with Gasteiger partial charge >= 0.3 is 12.1 Å². The molecule has 1 aliphatic rings. The maximum absolute atomic E-state index is 13.0. The van der Waals surface area contributed by atoms with Gasteiger partial charge in [0.1, 0.15) is 6.61 Å². The van der Waals surface area contributed by atoms with Gasteiger partial charge in [-0.2, -0.15) is 17.5 Å². The quantitative estimate of drug-likeness (QED) is 0.699. The van der Waals surface area contributed by atoms with E-state index in [0.717, 1.165) is 18.9 Å². The number of halogens is 3. The van der Waals surface area contributed by atoms with Crippen LogP contribution < -0.4 is 0 Å². The minimum Gasteiger partial charge on any atom is -0.457 e. The summed E-state index contributed by atoms with van der Waals surface area (Å²) in [5, 5.41) is 0. The number of esters is 1. The van der Waals surface area contributed by atoms with Crippen LogP contribution in [0.25, 0.3) is 0 Å². The number of alkyl halides is 3. The predicted octanol–water partition coefficient (Wildman–Crippen LogP) is 3.85. The molecule has 0 atom stereocenters. The van der Waals surface area contributed by atoms with Gasteiger partial charge in [-0.25, -0.2) is 13.2 Å². The fourth-order valence-electron chi connectivity index (χ4n) is 3.01. The lowest BCUT2D eigenvalue weighted by Gasteiger charge is -2.16. The maximum Gasteiger partial charge on any atom is 0.416 e. The summed E-state index contributed by atoms with van der Waals surface area (Å²) in [6.45, 7) is 0.272. The van der Waals surface area contributed by atoms with Crippen molar-refractivity contribution in [2.75, 3.05) is 13.1 Å². The van der Waals surface area contributed by atoms with Crippen LogP contribution in [-0.2, 0) is 27.5 Å². The average Bonchev–Trinajstić information content (AvgIpc) is 3.21. The van der Waals surface area contributed by atoms with Gasteiger partial charge in [-0.05, 0) is 37.1 Å². The van der Waals surface area contributed by atoms with Crippen LogP contribution in [0.15, 0.2) is 53.4 Å². The Balaban J connectivity index is 1.76. The lowest BCUT2D eigenvalue weighted by molar-refractivity contribution is -0.138. The smallest absolute Gasteiger partial charge is 0.416 e. The Morgan fingerprint density at radius 2 is 1.71 bits per heavy atom. The molecule has 150 valence electrons. The number of rotatable bonds is 5. The summed E-state index contributed by atoms with van der Waals surface area (Å²) in [5.74, 6) is -0.893. The van der Waals surface area contributed by atoms with E-state index in [-0.39, 0.29) is 16.0 Å². The number of nitrogens with zero attached hydrogens (tertiary/aromatic N) is 1. The third-order valence-corrected chi connectivity index (χ3v) is 6.35. The highest BCUT2D eigenvalue weighted by Crippen LogP contribution is 2.32. The van der Waals surface area contributed by atoms with E-state index in [4.69, 9.17) is 4.74 Å². The van der Waals surface area contributed by atoms with Gasteiger partial charge in [0.2, 0.25) is 10.0 Å². The molecule has 0 unspecified atom stereocenters. The molecular formula is C19H18F3NO4S. The summed E-state index contributed by atoms with van der Waals surface area (Å²) in [5.41, 5.74) is -1.10. The molecule has 1 fully saturated rings. The van der Waals surface area contributed by atoms with Gasteiger partial charge in [-0.3, -0.25) is 0 Å². The van der Waals surface area contributed by atoms with Gasteiger partial charge < -0.3 is 4.74 Å². The Kier molecular flexibility index (Phi) is 5.76. The molecule has 0 saturated carbocycles. The van der Waals surface area contributed by atoms with E-state index in [1.165, 1.54) is 46.8 Å². The van der Waals surface area contributed by atoms with E-state index >= 15 is 0 Å². The molecular weight excluding hydrogens is 395 g/mol. The Morgan fingerprint density at radius 3 is 2.39 bits per heavy atom. The number of ether oxygens (including phenoxy) is 1. The van der Waals surface area contributed by atoms with Gasteiger partial charge in [0, 0.05) is 18.7 Å². The van der Waals surface area contributed by atoms with Crippen LogP contribution in [0, 0.1) is 0 Å². The van der Waals surface area contributed by atoms with Crippen molar-refractivity contribution in [1.29, 1.82) is 0 Å². The average molecular weight is 413 g/mol. The standard InChI is InChI=1S/C19H18F3NO4S/c20-19(21,22)17-9-2-1-6-15(17)13-27-18(24)14-7-5-8-16(12-14)28(25,26)23-10-3-4-11-23/h1-2,5-9,12H,3-4,10-11,13H2. The lowest BCUT2D eigenvalue weighted by atomic mass is 10.1. The first-order valence-corrected chi connectivity index (χ1v) is 10.1. The monoisotopic (exact) mass is 413 g/mol. The Morgan fingerprint density at radius 1 is 1.04 bits per heavy atom. The summed E-state index contributed by atoms with van der Waals surface area (Å²) >= 11 is 0. The second-order valence-corrected chi connectivity index (χ2v) is 8.31. The van der Waals surface area contributed by atoms with Crippen molar-refractivity contribution in [3.05, 3.63) is 65.2 Å². The zero-order valence-corrected chi connectivity index (χ0v) is 15.6. The lowest BCUT2D eigenvalue weighted by Crippen LogP contribution is -2.28. The normalized spacial score (nSPS) is 15.5. The molecule has 0 N–H and O–H groups in total. The minimum atomic E-state index is -4.56. The second-order valence-electron chi connectivity index (χ2n) is 6.37. The first kappa shape index (κ1) is 20.3. The molecule has 0 aromatic heterocycles. The van der Waals surface area contributed by atoms with Crippen LogP contribution in [0.4, 0.5) is 13.2 Å². The second kappa shape index (κ2) is 7.92. The van der Waals surface area contributed by atoms with Crippen LogP contribution in [0.1, 0.15) is 34.3 Å². The van der Waals surface area contributed by atoms with Crippen LogP contribution >= 0.6 is 0 Å². The number of sulfonamides is 1. The first-order chi connectivity index (χ1) is 13.2. The summed E-state index contributed by atoms with van der Waals surface area (Å²) in [6, 6.07) is 10.1. The van der Waals surface area contributed by atoms with E-state index in [1.54, 1.807) is 0 Å². The van der Waals surface area contributed by atoms with Gasteiger partial charge in [-0.1, -0.05) is 24.3 Å². The summed E-state index contributed by atoms with van der Waals surface area (Å²) < 4.78 is 70.6. The van der Waals surface area contributed by atoms with E-state index in [1.807, 2.05) is 0 Å². The van der Waals surface area contributed by atoms with Crippen LogP contribution in [0.5, 0.6) is 0 Å². The minimum absolute atomic E-state index is 0.0373. The number of benzene rings is 2. The Hall–Kier alpha value is -2.39. The van der Waals surface area contributed by atoms with Crippen LogP contribution in [0.2, 0.25) is 0 Å². The van der Waals surface area contributed by atoms with Crippen molar-refractivity contribution in [1.82, 2.24) is 4.31 Å². The number of carbonyl (C=O) groups excluding carboxylic acids is 1. The fourth-order valence-corrected chi connectivity index (χ4v) is 4.57. The number of hydrogen-bond donors (Lipinski definition) is 0. The zero-order chi connectivity index (χ0) is 20.4. The summed E-state index contributed by atoms with van der Waals surface area (Å²) in [7, 11) is -3.71. The van der Waals surface area contributed by atoms with Gasteiger partial charge in [0.15, 0.2) is 0 Å². The van der Waals surface area contributed by atoms with Gasteiger partial charge in [0.05, 0.1) is 16.0 Å². The molecule has 3 rings (SSSR count). The molecule has 0 bridgehead atoms. The van der Waals surface area contributed by atoms with Crippen molar-refractivity contribution in [3.63, 3.8) is 0 Å². The van der Waals surface area contributed by atoms with Crippen molar-refractivity contribution < 1.29 is 31.1 Å². The molecule has 0 aliphatic carbocycles. The first-order valence-electron chi connectivity index (χ1n) is 8.62. The Labute approximate surface area is 160 Å². The van der Waals surface area contributed by atoms with Crippen molar-refractivity contribution in [2.24, 2.45) is 0 Å². The Bertz CT molecular complexity index is 967. The van der Waals surface area contributed by atoms with Crippen LogP contribution in [0.3, 0.4) is 0 Å². The largest absolute Gasteiger partial charge is 0.457 e. The summed E-state index contributed by atoms with van der Waals surface area (Å²) in [4.78, 5) is 12.2. The molecule has 28 heavy (non-hydrogen) atoms. The number of hydrogen-bond acceptors (Lipinski definition) is 4. The van der Waals surface area contributed by atoms with Crippen molar-refractivity contribution in [2.45, 2.75) is 30.5 Å². The maximum atomic E-state index is 13.0. The molecule has 0 spiro atoms. The summed E-state index contributed by atoms with van der Waals surface area (Å²) in [6.07, 6.45) is -3.01. The van der Waals surface area contributed by atoms with Gasteiger partial charge in [0.25, 0.3) is 0 Å². The SMILES string of the molecule is O=C(OCc1ccccc1C(F)(F)F)c1cccc(S(=O)(=O)N2CCCC2)c1. The molecule has 1 aliphatic heterocycles. The van der Waals surface area contributed by atoms with Crippen LogP contribution in [-0.4, -0.2) is 31.8 Å². The molecule has 2 aromatic carbocycles. The molecule has 5 nitrogen and oxygen atoms in total. The highest BCUT2D eigenvalue weighted by Gasteiger charge is 2.33. The van der Waals surface area contributed by atoms with E-state index in [2.05, 4.69) is 0 Å². The van der Waals surface area contributed by atoms with E-state index in [0.29, 0.717) is 13.1 Å². The molecule has 1 heterocycles. The third kappa shape index (κ3) is 4.36. The van der Waals surface area contributed by atoms with Gasteiger partial charge in [-0.15, -0.1) is 0 Å². The predicted molar refractivity (Wildman–Crippen MR) is 95.0 cm³/mol. The van der Waals surface area contributed by atoms with Crippen molar-refractivity contribution in [3.8, 4) is 0 Å². The molecule has 2 aromatic rings. The van der Waals surface area contributed by atoms with Crippen molar-refractivity contribution >= 4 is 16.0 Å². The molecule has 0 radical (unpaired) electrons.